The van der Waals surface area contributed by atoms with Crippen molar-refractivity contribution in [2.45, 2.75) is 32.7 Å². The van der Waals surface area contributed by atoms with E-state index in [1.807, 2.05) is 49.5 Å². The molecule has 0 heterocycles. The maximum Gasteiger partial charge on any atom is 0.127 e. The molecule has 0 amide bonds. The lowest BCUT2D eigenvalue weighted by Gasteiger charge is -2.20. The molecule has 2 aromatic carbocycles. The molecule has 2 aromatic rings. The summed E-state index contributed by atoms with van der Waals surface area (Å²) in [5.74, 6) is 2.47. The average Bonchev–Trinajstić information content (AvgIpc) is 2.54. The fraction of sp³-hybridized carbons (Fsp3) is 0.368. The van der Waals surface area contributed by atoms with Gasteiger partial charge in [0.05, 0.1) is 0 Å². The first-order valence-corrected chi connectivity index (χ1v) is 7.73. The average molecular weight is 283 g/mol. The zero-order valence-corrected chi connectivity index (χ0v) is 13.2. The van der Waals surface area contributed by atoms with Gasteiger partial charge in [-0.1, -0.05) is 50.6 Å². The third-order valence-corrected chi connectivity index (χ3v) is 3.94. The maximum absolute atomic E-state index is 5.83. The van der Waals surface area contributed by atoms with Crippen LogP contribution < -0.4 is 10.1 Å². The minimum atomic E-state index is 0.408. The molecular weight excluding hydrogens is 258 g/mol. The van der Waals surface area contributed by atoms with Crippen molar-refractivity contribution in [3.63, 3.8) is 0 Å². The second kappa shape index (κ2) is 7.84. The van der Waals surface area contributed by atoms with Crippen molar-refractivity contribution in [1.82, 2.24) is 5.32 Å². The van der Waals surface area contributed by atoms with Gasteiger partial charge in [-0.25, -0.2) is 0 Å². The fourth-order valence-electron chi connectivity index (χ4n) is 2.38. The summed E-state index contributed by atoms with van der Waals surface area (Å²) in [5, 5.41) is 3.41. The molecule has 0 spiro atoms. The van der Waals surface area contributed by atoms with Gasteiger partial charge in [0, 0.05) is 6.04 Å². The molecule has 2 rings (SSSR count). The van der Waals surface area contributed by atoms with Crippen LogP contribution in [-0.4, -0.2) is 7.05 Å². The van der Waals surface area contributed by atoms with Crippen molar-refractivity contribution in [2.75, 3.05) is 7.05 Å². The molecule has 0 aliphatic rings. The Morgan fingerprint density at radius 1 is 0.952 bits per heavy atom. The van der Waals surface area contributed by atoms with Gasteiger partial charge < -0.3 is 10.1 Å². The monoisotopic (exact) mass is 283 g/mol. The van der Waals surface area contributed by atoms with Gasteiger partial charge in [0.15, 0.2) is 0 Å². The van der Waals surface area contributed by atoms with Crippen LogP contribution in [0.15, 0.2) is 54.6 Å². The van der Waals surface area contributed by atoms with Crippen LogP contribution in [0.1, 0.15) is 38.3 Å². The molecule has 2 nitrogen and oxygen atoms in total. The molecule has 0 fully saturated rings. The minimum absolute atomic E-state index is 0.408. The zero-order valence-electron chi connectivity index (χ0n) is 13.2. The summed E-state index contributed by atoms with van der Waals surface area (Å²) < 4.78 is 5.83. The predicted octanol–water partition coefficient (Wildman–Crippen LogP) is 5.18. The van der Waals surface area contributed by atoms with Gasteiger partial charge in [-0.2, -0.15) is 0 Å². The molecule has 2 heteroatoms. The number of nitrogens with one attached hydrogen (secondary N) is 1. The van der Waals surface area contributed by atoms with E-state index < -0.39 is 0 Å². The van der Waals surface area contributed by atoms with Crippen LogP contribution in [0, 0.1) is 5.92 Å². The van der Waals surface area contributed by atoms with Crippen molar-refractivity contribution in [1.29, 1.82) is 0 Å². The standard InChI is InChI=1S/C19H25NO/c1-4-15(2)14-19(20-3)16-10-12-18(13-11-16)21-17-8-6-5-7-9-17/h5-13,15,19-20H,4,14H2,1-3H3. The van der Waals surface area contributed by atoms with Crippen LogP contribution in [-0.2, 0) is 0 Å². The Kier molecular flexibility index (Phi) is 5.82. The Hall–Kier alpha value is -1.80. The minimum Gasteiger partial charge on any atom is -0.457 e. The molecule has 0 aromatic heterocycles. The van der Waals surface area contributed by atoms with E-state index in [1.165, 1.54) is 12.0 Å². The van der Waals surface area contributed by atoms with Crippen molar-refractivity contribution >= 4 is 0 Å². The molecule has 0 bridgehead atoms. The van der Waals surface area contributed by atoms with E-state index in [4.69, 9.17) is 4.74 Å². The van der Waals surface area contributed by atoms with E-state index >= 15 is 0 Å². The molecular formula is C19H25NO. The van der Waals surface area contributed by atoms with Crippen LogP contribution >= 0.6 is 0 Å². The highest BCUT2D eigenvalue weighted by molar-refractivity contribution is 5.33. The Bertz CT molecular complexity index is 521. The molecule has 0 aliphatic carbocycles. The molecule has 1 N–H and O–H groups in total. The van der Waals surface area contributed by atoms with Crippen molar-refractivity contribution in [3.05, 3.63) is 60.2 Å². The summed E-state index contributed by atoms with van der Waals surface area (Å²) in [6.07, 6.45) is 2.37. The van der Waals surface area contributed by atoms with Crippen LogP contribution in [0.2, 0.25) is 0 Å². The summed E-state index contributed by atoms with van der Waals surface area (Å²) in [6, 6.07) is 18.7. The molecule has 112 valence electrons. The van der Waals surface area contributed by atoms with E-state index in [1.54, 1.807) is 0 Å². The largest absolute Gasteiger partial charge is 0.457 e. The van der Waals surface area contributed by atoms with Crippen LogP contribution in [0.25, 0.3) is 0 Å². The lowest BCUT2D eigenvalue weighted by Crippen LogP contribution is -2.18. The van der Waals surface area contributed by atoms with Crippen molar-refractivity contribution in [3.8, 4) is 11.5 Å². The first kappa shape index (κ1) is 15.6. The third kappa shape index (κ3) is 4.61. The SMILES string of the molecule is CCC(C)CC(NC)c1ccc(Oc2ccccc2)cc1. The van der Waals surface area contributed by atoms with E-state index in [9.17, 15) is 0 Å². The summed E-state index contributed by atoms with van der Waals surface area (Å²) in [6.45, 7) is 4.55. The highest BCUT2D eigenvalue weighted by atomic mass is 16.5. The van der Waals surface area contributed by atoms with Gasteiger partial charge >= 0.3 is 0 Å². The normalized spacial score (nSPS) is 13.7. The van der Waals surface area contributed by atoms with E-state index in [-0.39, 0.29) is 0 Å². The molecule has 2 unspecified atom stereocenters. The van der Waals surface area contributed by atoms with Gasteiger partial charge in [0.1, 0.15) is 11.5 Å². The summed E-state index contributed by atoms with van der Waals surface area (Å²) in [4.78, 5) is 0. The lowest BCUT2D eigenvalue weighted by molar-refractivity contribution is 0.421. The first-order valence-electron chi connectivity index (χ1n) is 7.73. The van der Waals surface area contributed by atoms with E-state index in [2.05, 4.69) is 31.3 Å². The predicted molar refractivity (Wildman–Crippen MR) is 88.8 cm³/mol. The summed E-state index contributed by atoms with van der Waals surface area (Å²) in [7, 11) is 2.03. The molecule has 2 atom stereocenters. The zero-order chi connectivity index (χ0) is 15.1. The Labute approximate surface area is 128 Å². The van der Waals surface area contributed by atoms with Gasteiger partial charge in [0.25, 0.3) is 0 Å². The number of hydrogen-bond donors (Lipinski definition) is 1. The number of ether oxygens (including phenoxy) is 1. The van der Waals surface area contributed by atoms with E-state index in [0.29, 0.717) is 6.04 Å². The smallest absolute Gasteiger partial charge is 0.127 e. The summed E-state index contributed by atoms with van der Waals surface area (Å²) >= 11 is 0. The van der Waals surface area contributed by atoms with Crippen LogP contribution in [0.5, 0.6) is 11.5 Å². The highest BCUT2D eigenvalue weighted by Crippen LogP contribution is 2.26. The third-order valence-electron chi connectivity index (χ3n) is 3.94. The van der Waals surface area contributed by atoms with E-state index in [0.717, 1.165) is 23.8 Å². The Balaban J connectivity index is 2.03. The van der Waals surface area contributed by atoms with Gasteiger partial charge in [-0.05, 0) is 49.2 Å². The van der Waals surface area contributed by atoms with Crippen LogP contribution in [0.4, 0.5) is 0 Å². The van der Waals surface area contributed by atoms with Gasteiger partial charge in [0.2, 0.25) is 0 Å². The number of benzene rings is 2. The second-order valence-corrected chi connectivity index (χ2v) is 5.57. The van der Waals surface area contributed by atoms with Gasteiger partial charge in [-0.3, -0.25) is 0 Å². The number of para-hydroxylation sites is 1. The lowest BCUT2D eigenvalue weighted by atomic mass is 9.94. The Morgan fingerprint density at radius 2 is 1.57 bits per heavy atom. The Morgan fingerprint density at radius 3 is 2.14 bits per heavy atom. The molecule has 0 saturated carbocycles. The summed E-state index contributed by atoms with van der Waals surface area (Å²) in [5.41, 5.74) is 1.32. The van der Waals surface area contributed by atoms with Crippen molar-refractivity contribution < 1.29 is 4.74 Å². The van der Waals surface area contributed by atoms with Crippen molar-refractivity contribution in [2.24, 2.45) is 5.92 Å². The maximum atomic E-state index is 5.83. The first-order chi connectivity index (χ1) is 10.2. The molecule has 0 saturated heterocycles. The number of rotatable bonds is 7. The number of hydrogen-bond acceptors (Lipinski definition) is 2. The topological polar surface area (TPSA) is 21.3 Å². The molecule has 21 heavy (non-hydrogen) atoms. The molecule has 0 radical (unpaired) electrons. The van der Waals surface area contributed by atoms with Gasteiger partial charge in [-0.15, -0.1) is 0 Å². The fourth-order valence-corrected chi connectivity index (χ4v) is 2.38. The highest BCUT2D eigenvalue weighted by Gasteiger charge is 2.12. The van der Waals surface area contributed by atoms with Crippen LogP contribution in [0.3, 0.4) is 0 Å². The molecule has 0 aliphatic heterocycles. The quantitative estimate of drug-likeness (QED) is 0.756. The second-order valence-electron chi connectivity index (χ2n) is 5.57.